The van der Waals surface area contributed by atoms with Crippen molar-refractivity contribution in [3.05, 3.63) is 11.7 Å². The molecule has 8 nitrogen and oxygen atoms in total. The van der Waals surface area contributed by atoms with Crippen LogP contribution in [0.15, 0.2) is 4.52 Å². The Hall–Kier alpha value is -1.03. The average molecular weight is 370 g/mol. The first-order valence-electron chi connectivity index (χ1n) is 9.10. The molecular weight excluding hydrogens is 344 g/mol. The molecule has 0 amide bonds. The second kappa shape index (κ2) is 6.29. The highest BCUT2D eigenvalue weighted by atomic mass is 32.2. The Morgan fingerprint density at radius 1 is 1.24 bits per heavy atom. The first-order chi connectivity index (χ1) is 11.9. The molecule has 3 fully saturated rings. The lowest BCUT2D eigenvalue weighted by Gasteiger charge is -2.31. The normalized spacial score (nSPS) is 31.7. The Balaban J connectivity index is 1.61. The summed E-state index contributed by atoms with van der Waals surface area (Å²) in [5, 5.41) is 4.24. The van der Waals surface area contributed by atoms with E-state index in [1.807, 2.05) is 13.8 Å². The van der Waals surface area contributed by atoms with Gasteiger partial charge in [0, 0.05) is 32.1 Å². The lowest BCUT2D eigenvalue weighted by molar-refractivity contribution is 0.0704. The summed E-state index contributed by atoms with van der Waals surface area (Å²) in [6.07, 6.45) is 3.02. The number of rotatable bonds is 4. The van der Waals surface area contributed by atoms with Crippen LogP contribution in [0.3, 0.4) is 0 Å². The third-order valence-corrected chi connectivity index (χ3v) is 7.79. The van der Waals surface area contributed by atoms with Crippen molar-refractivity contribution in [2.24, 2.45) is 5.92 Å². The van der Waals surface area contributed by atoms with Gasteiger partial charge in [0.1, 0.15) is 0 Å². The quantitative estimate of drug-likeness (QED) is 0.789. The largest absolute Gasteiger partial charge is 0.379 e. The SMILES string of the molecule is CC(C)c1nc([C@@]23CCC[C@@H]2CN(S(=O)(=O)N2CCOCC2)C3)no1. The minimum Gasteiger partial charge on any atom is -0.379 e. The zero-order valence-electron chi connectivity index (χ0n) is 14.8. The first-order valence-corrected chi connectivity index (χ1v) is 10.5. The Labute approximate surface area is 148 Å². The predicted molar refractivity (Wildman–Crippen MR) is 90.3 cm³/mol. The summed E-state index contributed by atoms with van der Waals surface area (Å²) in [7, 11) is -3.46. The maximum Gasteiger partial charge on any atom is 0.282 e. The minimum absolute atomic E-state index is 0.173. The topological polar surface area (TPSA) is 88.8 Å². The van der Waals surface area contributed by atoms with Crippen LogP contribution >= 0.6 is 0 Å². The van der Waals surface area contributed by atoms with Crippen LogP contribution in [-0.4, -0.2) is 66.6 Å². The van der Waals surface area contributed by atoms with E-state index in [1.54, 1.807) is 8.61 Å². The van der Waals surface area contributed by atoms with Crippen LogP contribution in [0.1, 0.15) is 50.7 Å². The number of nitrogens with zero attached hydrogens (tertiary/aromatic N) is 4. The van der Waals surface area contributed by atoms with Gasteiger partial charge in [-0.2, -0.15) is 22.0 Å². The van der Waals surface area contributed by atoms with Gasteiger partial charge in [-0.15, -0.1) is 0 Å². The van der Waals surface area contributed by atoms with E-state index in [4.69, 9.17) is 9.26 Å². The predicted octanol–water partition coefficient (Wildman–Crippen LogP) is 1.12. The van der Waals surface area contributed by atoms with Gasteiger partial charge in [-0.25, -0.2) is 0 Å². The van der Waals surface area contributed by atoms with Gasteiger partial charge >= 0.3 is 0 Å². The summed E-state index contributed by atoms with van der Waals surface area (Å²) < 4.78 is 40.0. The standard InChI is InChI=1S/C16H26N4O4S/c1-12(2)14-17-15(18-24-14)16-5-3-4-13(16)10-20(11-16)25(21,22)19-6-8-23-9-7-19/h12-13H,3-11H2,1-2H3/t13-,16-/m1/s1. The molecule has 4 rings (SSSR count). The summed E-state index contributed by atoms with van der Waals surface area (Å²) in [6, 6.07) is 0. The van der Waals surface area contributed by atoms with Gasteiger partial charge < -0.3 is 9.26 Å². The molecule has 3 aliphatic rings. The van der Waals surface area contributed by atoms with Gasteiger partial charge in [0.05, 0.1) is 18.6 Å². The Kier molecular flexibility index (Phi) is 4.38. The Morgan fingerprint density at radius 3 is 2.68 bits per heavy atom. The van der Waals surface area contributed by atoms with Crippen molar-refractivity contribution in [1.29, 1.82) is 0 Å². The molecule has 0 N–H and O–H groups in total. The number of hydrogen-bond donors (Lipinski definition) is 0. The summed E-state index contributed by atoms with van der Waals surface area (Å²) in [6.45, 7) is 6.82. The van der Waals surface area contributed by atoms with E-state index in [9.17, 15) is 8.42 Å². The van der Waals surface area contributed by atoms with E-state index in [1.165, 1.54) is 0 Å². The molecule has 2 atom stereocenters. The van der Waals surface area contributed by atoms with E-state index in [2.05, 4.69) is 10.1 Å². The van der Waals surface area contributed by atoms with Crippen LogP contribution < -0.4 is 0 Å². The van der Waals surface area contributed by atoms with Gasteiger partial charge in [0.25, 0.3) is 10.2 Å². The fourth-order valence-corrected chi connectivity index (χ4v) is 6.10. The van der Waals surface area contributed by atoms with Crippen LogP contribution in [0.4, 0.5) is 0 Å². The van der Waals surface area contributed by atoms with Crippen molar-refractivity contribution in [3.63, 3.8) is 0 Å². The third-order valence-electron chi connectivity index (χ3n) is 5.84. The molecule has 140 valence electrons. The monoisotopic (exact) mass is 370 g/mol. The lowest BCUT2D eigenvalue weighted by Crippen LogP contribution is -2.48. The van der Waals surface area contributed by atoms with E-state index < -0.39 is 10.2 Å². The molecular formula is C16H26N4O4S. The smallest absolute Gasteiger partial charge is 0.282 e. The highest BCUT2D eigenvalue weighted by Gasteiger charge is 2.56. The highest BCUT2D eigenvalue weighted by Crippen LogP contribution is 2.50. The molecule has 1 aromatic heterocycles. The van der Waals surface area contributed by atoms with Crippen molar-refractivity contribution in [1.82, 2.24) is 18.8 Å². The minimum atomic E-state index is -3.46. The number of ether oxygens (including phenoxy) is 1. The maximum atomic E-state index is 13.0. The van der Waals surface area contributed by atoms with Crippen LogP contribution in [0.5, 0.6) is 0 Å². The summed E-state index contributed by atoms with van der Waals surface area (Å²) in [5.41, 5.74) is -0.296. The highest BCUT2D eigenvalue weighted by molar-refractivity contribution is 7.86. The zero-order chi connectivity index (χ0) is 17.7. The number of aromatic nitrogens is 2. The van der Waals surface area contributed by atoms with E-state index >= 15 is 0 Å². The average Bonchev–Trinajstić information content (AvgIpc) is 3.29. The molecule has 0 bridgehead atoms. The van der Waals surface area contributed by atoms with E-state index in [0.717, 1.165) is 19.3 Å². The molecule has 0 aromatic carbocycles. The van der Waals surface area contributed by atoms with Gasteiger partial charge in [0.15, 0.2) is 5.82 Å². The maximum absolute atomic E-state index is 13.0. The Bertz CT molecular complexity index is 728. The van der Waals surface area contributed by atoms with Crippen molar-refractivity contribution in [2.45, 2.75) is 44.4 Å². The molecule has 0 radical (unpaired) electrons. The third kappa shape index (κ3) is 2.81. The summed E-state index contributed by atoms with van der Waals surface area (Å²) >= 11 is 0. The fraction of sp³-hybridized carbons (Fsp3) is 0.875. The van der Waals surface area contributed by atoms with Crippen LogP contribution in [-0.2, 0) is 20.4 Å². The molecule has 0 spiro atoms. The van der Waals surface area contributed by atoms with E-state index in [-0.39, 0.29) is 17.3 Å². The number of hydrogen-bond acceptors (Lipinski definition) is 6. The van der Waals surface area contributed by atoms with Gasteiger partial charge in [0.2, 0.25) is 5.89 Å². The second-order valence-corrected chi connectivity index (χ2v) is 9.60. The van der Waals surface area contributed by atoms with Crippen LogP contribution in [0, 0.1) is 5.92 Å². The summed E-state index contributed by atoms with van der Waals surface area (Å²) in [4.78, 5) is 4.62. The van der Waals surface area contributed by atoms with Gasteiger partial charge in [-0.05, 0) is 18.8 Å². The van der Waals surface area contributed by atoms with Gasteiger partial charge in [-0.3, -0.25) is 0 Å². The Morgan fingerprint density at radius 2 is 2.00 bits per heavy atom. The number of morpholine rings is 1. The van der Waals surface area contributed by atoms with Crippen molar-refractivity contribution in [3.8, 4) is 0 Å². The molecule has 1 aliphatic carbocycles. The van der Waals surface area contributed by atoms with Crippen molar-refractivity contribution in [2.75, 3.05) is 39.4 Å². The number of fused-ring (bicyclic) bond motifs is 1. The van der Waals surface area contributed by atoms with Gasteiger partial charge in [-0.1, -0.05) is 25.4 Å². The molecule has 2 saturated heterocycles. The van der Waals surface area contributed by atoms with Crippen LogP contribution in [0.2, 0.25) is 0 Å². The molecule has 2 aliphatic heterocycles. The van der Waals surface area contributed by atoms with E-state index in [0.29, 0.717) is 51.1 Å². The van der Waals surface area contributed by atoms with Crippen molar-refractivity contribution >= 4 is 10.2 Å². The second-order valence-electron chi connectivity index (χ2n) is 7.67. The zero-order valence-corrected chi connectivity index (χ0v) is 15.7. The first kappa shape index (κ1) is 17.4. The van der Waals surface area contributed by atoms with Crippen molar-refractivity contribution < 1.29 is 17.7 Å². The molecule has 1 aromatic rings. The molecule has 1 saturated carbocycles. The molecule has 3 heterocycles. The van der Waals surface area contributed by atoms with Crippen LogP contribution in [0.25, 0.3) is 0 Å². The summed E-state index contributed by atoms with van der Waals surface area (Å²) in [5.74, 6) is 1.76. The molecule has 0 unspecified atom stereocenters. The fourth-order valence-electron chi connectivity index (χ4n) is 4.40. The molecule has 25 heavy (non-hydrogen) atoms. The lowest BCUT2D eigenvalue weighted by atomic mass is 9.80. The molecule has 9 heteroatoms.